The fourth-order valence-corrected chi connectivity index (χ4v) is 1.85. The van der Waals surface area contributed by atoms with E-state index in [1.54, 1.807) is 0 Å². The second-order valence-electron chi connectivity index (χ2n) is 3.90. The van der Waals surface area contributed by atoms with Gasteiger partial charge in [0.2, 0.25) is 5.91 Å². The molecule has 1 fully saturated rings. The molecule has 1 aliphatic rings. The molecule has 0 aromatic heterocycles. The van der Waals surface area contributed by atoms with Gasteiger partial charge in [-0.3, -0.25) is 4.79 Å². The van der Waals surface area contributed by atoms with Gasteiger partial charge in [0, 0.05) is 20.9 Å². The second-order valence-corrected chi connectivity index (χ2v) is 3.90. The van der Waals surface area contributed by atoms with Gasteiger partial charge in [0.1, 0.15) is 0 Å². The molecule has 0 bridgehead atoms. The van der Waals surface area contributed by atoms with Gasteiger partial charge in [-0.1, -0.05) is 13.3 Å². The van der Waals surface area contributed by atoms with Crippen molar-refractivity contribution < 1.29 is 6.22 Å². The van der Waals surface area contributed by atoms with Crippen molar-refractivity contribution in [3.05, 3.63) is 0 Å². The molecule has 0 aliphatic carbocycles. The lowest BCUT2D eigenvalue weighted by Gasteiger charge is -2.20. The van der Waals surface area contributed by atoms with Crippen LogP contribution in [-0.4, -0.2) is 37.0 Å². The molecule has 0 aromatic carbocycles. The van der Waals surface area contributed by atoms with Crippen molar-refractivity contribution in [3.8, 4) is 0 Å². The molecule has 0 unspecified atom stereocenters. The van der Waals surface area contributed by atoms with Crippen LogP contribution in [0.25, 0.3) is 0 Å². The first-order valence-corrected chi connectivity index (χ1v) is 5.83. The third-order valence-corrected chi connectivity index (χ3v) is 2.70. The van der Waals surface area contributed by atoms with Crippen LogP contribution in [0, 0.1) is 0 Å². The van der Waals surface area contributed by atoms with Crippen LogP contribution in [0.4, 0.5) is 0 Å². The second kappa shape index (κ2) is 6.82. The van der Waals surface area contributed by atoms with Crippen molar-refractivity contribution in [1.29, 1.82) is 0 Å². The van der Waals surface area contributed by atoms with Gasteiger partial charge in [-0.25, -0.2) is 0 Å². The molecular formula is C11H24N2O. The maximum absolute atomic E-state index is 11.6. The number of nitrogens with one attached hydrogen (secondary N) is 1. The highest BCUT2D eigenvalue weighted by Gasteiger charge is 2.15. The Morgan fingerprint density at radius 2 is 2.29 bits per heavy atom. The van der Waals surface area contributed by atoms with Gasteiger partial charge in [0.15, 0.2) is 0 Å². The van der Waals surface area contributed by atoms with E-state index in [0.29, 0.717) is 5.91 Å². The molecule has 14 heavy (non-hydrogen) atoms. The lowest BCUT2D eigenvalue weighted by Crippen LogP contribution is -2.32. The standard InChI is InChI=1S/C11H22N2O.H2/c1-2-12-8-6-10-13-9-5-3-4-7-11(13)14;/h12H,2-10H2,1H3;1H. The summed E-state index contributed by atoms with van der Waals surface area (Å²) in [6.45, 7) is 6.07. The number of hydrogen-bond donors (Lipinski definition) is 1. The van der Waals surface area contributed by atoms with E-state index >= 15 is 0 Å². The van der Waals surface area contributed by atoms with Crippen molar-refractivity contribution in [2.45, 2.75) is 39.0 Å². The monoisotopic (exact) mass is 200 g/mol. The van der Waals surface area contributed by atoms with Crippen LogP contribution in [0.1, 0.15) is 40.5 Å². The van der Waals surface area contributed by atoms with Gasteiger partial charge >= 0.3 is 0 Å². The molecule has 0 radical (unpaired) electrons. The minimum atomic E-state index is 0. The Morgan fingerprint density at radius 1 is 1.43 bits per heavy atom. The summed E-state index contributed by atoms with van der Waals surface area (Å²) in [7, 11) is 0. The fourth-order valence-electron chi connectivity index (χ4n) is 1.85. The van der Waals surface area contributed by atoms with Crippen LogP contribution in [0.5, 0.6) is 0 Å². The maximum Gasteiger partial charge on any atom is 0.222 e. The van der Waals surface area contributed by atoms with Crippen molar-refractivity contribution in [2.24, 2.45) is 0 Å². The Kier molecular flexibility index (Phi) is 5.60. The highest BCUT2D eigenvalue weighted by Crippen LogP contribution is 2.10. The van der Waals surface area contributed by atoms with E-state index in [1.165, 1.54) is 12.8 Å². The summed E-state index contributed by atoms with van der Waals surface area (Å²) >= 11 is 0. The zero-order valence-electron chi connectivity index (χ0n) is 9.22. The molecular weight excluding hydrogens is 176 g/mol. The van der Waals surface area contributed by atoms with E-state index in [-0.39, 0.29) is 1.43 Å². The number of carbonyl (C=O) groups is 1. The van der Waals surface area contributed by atoms with E-state index in [1.807, 2.05) is 4.90 Å². The van der Waals surface area contributed by atoms with Crippen LogP contribution >= 0.6 is 0 Å². The summed E-state index contributed by atoms with van der Waals surface area (Å²) < 4.78 is 0. The molecule has 84 valence electrons. The molecule has 1 aliphatic heterocycles. The summed E-state index contributed by atoms with van der Waals surface area (Å²) in [6, 6.07) is 0. The largest absolute Gasteiger partial charge is 0.343 e. The van der Waals surface area contributed by atoms with Crippen LogP contribution in [-0.2, 0) is 4.79 Å². The average molecular weight is 200 g/mol. The molecule has 1 amide bonds. The zero-order chi connectivity index (χ0) is 10.2. The van der Waals surface area contributed by atoms with Crippen LogP contribution in [0.3, 0.4) is 0 Å². The number of rotatable bonds is 5. The molecule has 1 rings (SSSR count). The smallest absolute Gasteiger partial charge is 0.222 e. The number of hydrogen-bond acceptors (Lipinski definition) is 2. The molecule has 1 saturated heterocycles. The summed E-state index contributed by atoms with van der Waals surface area (Å²) in [5, 5.41) is 3.28. The SMILES string of the molecule is CCNCCCN1CCCCCC1=O.[HH]. The van der Waals surface area contributed by atoms with E-state index in [9.17, 15) is 4.79 Å². The van der Waals surface area contributed by atoms with E-state index < -0.39 is 0 Å². The first-order valence-electron chi connectivity index (χ1n) is 5.83. The molecule has 0 saturated carbocycles. The fraction of sp³-hybridized carbons (Fsp3) is 0.909. The Bertz CT molecular complexity index is 176. The summed E-state index contributed by atoms with van der Waals surface area (Å²) in [5.74, 6) is 0.360. The average Bonchev–Trinajstić information content (AvgIpc) is 2.39. The number of carbonyl (C=O) groups excluding carboxylic acids is 1. The van der Waals surface area contributed by atoms with Crippen LogP contribution in [0.2, 0.25) is 0 Å². The van der Waals surface area contributed by atoms with Crippen LogP contribution in [0.15, 0.2) is 0 Å². The normalized spacial score (nSPS) is 18.4. The van der Waals surface area contributed by atoms with E-state index in [0.717, 1.165) is 45.4 Å². The molecule has 0 atom stereocenters. The number of likely N-dealkylation sites (tertiary alicyclic amines) is 1. The van der Waals surface area contributed by atoms with Gasteiger partial charge in [0.25, 0.3) is 0 Å². The third-order valence-electron chi connectivity index (χ3n) is 2.70. The minimum absolute atomic E-state index is 0. The van der Waals surface area contributed by atoms with Crippen LogP contribution < -0.4 is 5.32 Å². The first kappa shape index (κ1) is 11.5. The number of amides is 1. The van der Waals surface area contributed by atoms with Gasteiger partial charge in [-0.2, -0.15) is 0 Å². The Hall–Kier alpha value is -0.570. The van der Waals surface area contributed by atoms with Crippen molar-refractivity contribution in [1.82, 2.24) is 10.2 Å². The Labute approximate surface area is 88.3 Å². The highest BCUT2D eigenvalue weighted by molar-refractivity contribution is 5.76. The molecule has 3 nitrogen and oxygen atoms in total. The Morgan fingerprint density at radius 3 is 3.07 bits per heavy atom. The van der Waals surface area contributed by atoms with E-state index in [2.05, 4.69) is 12.2 Å². The molecule has 1 N–H and O–H groups in total. The predicted molar refractivity (Wildman–Crippen MR) is 60.3 cm³/mol. The molecule has 1 heterocycles. The maximum atomic E-state index is 11.6. The first-order chi connectivity index (χ1) is 6.84. The summed E-state index contributed by atoms with van der Waals surface area (Å²) in [4.78, 5) is 13.6. The summed E-state index contributed by atoms with van der Waals surface area (Å²) in [6.07, 6.45) is 5.34. The molecule has 0 spiro atoms. The third kappa shape index (κ3) is 4.09. The quantitative estimate of drug-likeness (QED) is 0.684. The van der Waals surface area contributed by atoms with Gasteiger partial charge < -0.3 is 10.2 Å². The minimum Gasteiger partial charge on any atom is -0.343 e. The van der Waals surface area contributed by atoms with Crippen molar-refractivity contribution >= 4 is 5.91 Å². The van der Waals surface area contributed by atoms with Gasteiger partial charge in [-0.15, -0.1) is 0 Å². The lowest BCUT2D eigenvalue weighted by molar-refractivity contribution is -0.130. The van der Waals surface area contributed by atoms with Crippen molar-refractivity contribution in [3.63, 3.8) is 0 Å². The number of nitrogens with zero attached hydrogens (tertiary/aromatic N) is 1. The highest BCUT2D eigenvalue weighted by atomic mass is 16.2. The van der Waals surface area contributed by atoms with Gasteiger partial charge in [0.05, 0.1) is 0 Å². The predicted octanol–water partition coefficient (Wildman–Crippen LogP) is 1.63. The zero-order valence-corrected chi connectivity index (χ0v) is 9.22. The van der Waals surface area contributed by atoms with E-state index in [4.69, 9.17) is 0 Å². The lowest BCUT2D eigenvalue weighted by atomic mass is 10.2. The molecule has 3 heteroatoms. The molecule has 0 aromatic rings. The van der Waals surface area contributed by atoms with Crippen molar-refractivity contribution in [2.75, 3.05) is 26.2 Å². The Balaban J connectivity index is 0.00000196. The summed E-state index contributed by atoms with van der Waals surface area (Å²) in [5.41, 5.74) is 0. The van der Waals surface area contributed by atoms with Gasteiger partial charge in [-0.05, 0) is 32.4 Å². The topological polar surface area (TPSA) is 32.3 Å².